The van der Waals surface area contributed by atoms with E-state index in [-0.39, 0.29) is 0 Å². The monoisotopic (exact) mass is 247 g/mol. The number of rotatable bonds is 3. The van der Waals surface area contributed by atoms with E-state index >= 15 is 0 Å². The topological polar surface area (TPSA) is 53.1 Å². The Hall–Kier alpha value is -1.36. The minimum absolute atomic E-state index is 0.624. The van der Waals surface area contributed by atoms with Gasteiger partial charge in [-0.05, 0) is 32.2 Å². The molecule has 2 aliphatic rings. The standard InChI is InChI=1S/C13H21N5/c1-3-11(4-1)17-12-9-13(16-10-15-12)18-7-2-5-14-6-8-18/h9-11,14H,1-8H2,(H,15,16,17). The number of aromatic nitrogens is 2. The molecule has 1 aromatic rings. The van der Waals surface area contributed by atoms with Crippen LogP contribution in [0.25, 0.3) is 0 Å². The molecule has 0 spiro atoms. The van der Waals surface area contributed by atoms with Crippen LogP contribution in [-0.4, -0.2) is 42.2 Å². The number of nitrogens with one attached hydrogen (secondary N) is 2. The van der Waals surface area contributed by atoms with Crippen molar-refractivity contribution in [1.29, 1.82) is 0 Å². The Morgan fingerprint density at radius 2 is 2.11 bits per heavy atom. The molecule has 0 atom stereocenters. The lowest BCUT2D eigenvalue weighted by Gasteiger charge is -2.27. The van der Waals surface area contributed by atoms with E-state index in [9.17, 15) is 0 Å². The maximum atomic E-state index is 4.40. The molecule has 5 heteroatoms. The Morgan fingerprint density at radius 3 is 2.94 bits per heavy atom. The molecule has 0 amide bonds. The van der Waals surface area contributed by atoms with Crippen LogP contribution in [0.5, 0.6) is 0 Å². The Labute approximate surface area is 108 Å². The zero-order chi connectivity index (χ0) is 12.2. The van der Waals surface area contributed by atoms with Crippen molar-refractivity contribution in [3.63, 3.8) is 0 Å². The third-order valence-electron chi connectivity index (χ3n) is 3.77. The third kappa shape index (κ3) is 2.72. The first-order chi connectivity index (χ1) is 8.92. The van der Waals surface area contributed by atoms with Gasteiger partial charge in [-0.3, -0.25) is 0 Å². The summed E-state index contributed by atoms with van der Waals surface area (Å²) in [4.78, 5) is 11.1. The van der Waals surface area contributed by atoms with E-state index in [2.05, 4.69) is 31.6 Å². The quantitative estimate of drug-likeness (QED) is 0.841. The molecule has 0 bridgehead atoms. The summed E-state index contributed by atoms with van der Waals surface area (Å²) in [5.41, 5.74) is 0. The molecule has 2 fully saturated rings. The molecule has 1 saturated carbocycles. The molecule has 1 aromatic heterocycles. The molecule has 1 saturated heterocycles. The van der Waals surface area contributed by atoms with Crippen LogP contribution in [0.4, 0.5) is 11.6 Å². The molecule has 5 nitrogen and oxygen atoms in total. The van der Waals surface area contributed by atoms with Gasteiger partial charge < -0.3 is 15.5 Å². The first-order valence-electron chi connectivity index (χ1n) is 6.96. The maximum Gasteiger partial charge on any atom is 0.134 e. The van der Waals surface area contributed by atoms with Gasteiger partial charge in [-0.2, -0.15) is 0 Å². The van der Waals surface area contributed by atoms with E-state index in [1.807, 2.05) is 0 Å². The Morgan fingerprint density at radius 1 is 1.17 bits per heavy atom. The van der Waals surface area contributed by atoms with Crippen LogP contribution < -0.4 is 15.5 Å². The van der Waals surface area contributed by atoms with Gasteiger partial charge in [0.2, 0.25) is 0 Å². The molecule has 0 radical (unpaired) electrons. The van der Waals surface area contributed by atoms with Gasteiger partial charge in [0.1, 0.15) is 18.0 Å². The molecule has 98 valence electrons. The van der Waals surface area contributed by atoms with Gasteiger partial charge in [-0.25, -0.2) is 9.97 Å². The van der Waals surface area contributed by atoms with Crippen molar-refractivity contribution in [2.45, 2.75) is 31.7 Å². The van der Waals surface area contributed by atoms with Gasteiger partial charge in [0, 0.05) is 31.7 Å². The van der Waals surface area contributed by atoms with Crippen LogP contribution in [0.1, 0.15) is 25.7 Å². The second-order valence-corrected chi connectivity index (χ2v) is 5.12. The number of hydrogen-bond donors (Lipinski definition) is 2. The van der Waals surface area contributed by atoms with Crippen molar-refractivity contribution in [2.75, 3.05) is 36.4 Å². The summed E-state index contributed by atoms with van der Waals surface area (Å²) in [5.74, 6) is 2.03. The van der Waals surface area contributed by atoms with E-state index in [4.69, 9.17) is 0 Å². The molecule has 0 unspecified atom stereocenters. The molecule has 0 aromatic carbocycles. The van der Waals surface area contributed by atoms with Crippen LogP contribution in [-0.2, 0) is 0 Å². The largest absolute Gasteiger partial charge is 0.367 e. The number of hydrogen-bond acceptors (Lipinski definition) is 5. The van der Waals surface area contributed by atoms with Gasteiger partial charge in [-0.15, -0.1) is 0 Å². The lowest BCUT2D eigenvalue weighted by Crippen LogP contribution is -2.30. The van der Waals surface area contributed by atoms with Gasteiger partial charge in [-0.1, -0.05) is 0 Å². The zero-order valence-corrected chi connectivity index (χ0v) is 10.7. The van der Waals surface area contributed by atoms with E-state index in [1.165, 1.54) is 25.7 Å². The van der Waals surface area contributed by atoms with Gasteiger partial charge in [0.25, 0.3) is 0 Å². The van der Waals surface area contributed by atoms with Crippen molar-refractivity contribution in [2.24, 2.45) is 0 Å². The van der Waals surface area contributed by atoms with Gasteiger partial charge in [0.15, 0.2) is 0 Å². The Bertz CT molecular complexity index is 383. The second-order valence-electron chi connectivity index (χ2n) is 5.12. The zero-order valence-electron chi connectivity index (χ0n) is 10.7. The van der Waals surface area contributed by atoms with E-state index in [0.29, 0.717) is 6.04 Å². The van der Waals surface area contributed by atoms with E-state index in [0.717, 1.165) is 37.8 Å². The fourth-order valence-corrected chi connectivity index (χ4v) is 2.44. The highest BCUT2D eigenvalue weighted by Crippen LogP contribution is 2.23. The van der Waals surface area contributed by atoms with Crippen LogP contribution >= 0.6 is 0 Å². The number of anilines is 2. The predicted molar refractivity (Wildman–Crippen MR) is 73.0 cm³/mol. The van der Waals surface area contributed by atoms with Crippen LogP contribution in [0, 0.1) is 0 Å². The van der Waals surface area contributed by atoms with Crippen LogP contribution in [0.2, 0.25) is 0 Å². The van der Waals surface area contributed by atoms with Crippen molar-refractivity contribution < 1.29 is 0 Å². The summed E-state index contributed by atoms with van der Waals surface area (Å²) in [6, 6.07) is 2.71. The minimum Gasteiger partial charge on any atom is -0.367 e. The third-order valence-corrected chi connectivity index (χ3v) is 3.77. The highest BCUT2D eigenvalue weighted by Gasteiger charge is 2.18. The average molecular weight is 247 g/mol. The first-order valence-corrected chi connectivity index (χ1v) is 6.96. The summed E-state index contributed by atoms with van der Waals surface area (Å²) < 4.78 is 0. The summed E-state index contributed by atoms with van der Waals surface area (Å²) in [5, 5.41) is 6.89. The molecule has 1 aliphatic carbocycles. The molecule has 3 rings (SSSR count). The summed E-state index contributed by atoms with van der Waals surface area (Å²) in [6.07, 6.45) is 6.73. The van der Waals surface area contributed by atoms with Crippen LogP contribution in [0.3, 0.4) is 0 Å². The van der Waals surface area contributed by atoms with Crippen LogP contribution in [0.15, 0.2) is 12.4 Å². The average Bonchev–Trinajstić information content (AvgIpc) is 2.63. The van der Waals surface area contributed by atoms with E-state index in [1.54, 1.807) is 6.33 Å². The predicted octanol–water partition coefficient (Wildman–Crippen LogP) is 1.24. The molecule has 2 heterocycles. The lowest BCUT2D eigenvalue weighted by atomic mass is 9.93. The summed E-state index contributed by atoms with van der Waals surface area (Å²) in [6.45, 7) is 4.25. The van der Waals surface area contributed by atoms with Crippen molar-refractivity contribution in [3.05, 3.63) is 12.4 Å². The summed E-state index contributed by atoms with van der Waals surface area (Å²) in [7, 11) is 0. The smallest absolute Gasteiger partial charge is 0.134 e. The van der Waals surface area contributed by atoms with Gasteiger partial charge >= 0.3 is 0 Å². The van der Waals surface area contributed by atoms with Crippen molar-refractivity contribution in [3.8, 4) is 0 Å². The summed E-state index contributed by atoms with van der Waals surface area (Å²) >= 11 is 0. The molecular formula is C13H21N5. The fourth-order valence-electron chi connectivity index (χ4n) is 2.44. The molecule has 2 N–H and O–H groups in total. The second kappa shape index (κ2) is 5.52. The fraction of sp³-hybridized carbons (Fsp3) is 0.692. The number of nitrogens with zero attached hydrogens (tertiary/aromatic N) is 3. The highest BCUT2D eigenvalue weighted by atomic mass is 15.2. The normalized spacial score (nSPS) is 21.2. The van der Waals surface area contributed by atoms with E-state index < -0.39 is 0 Å². The maximum absolute atomic E-state index is 4.40. The Balaban J connectivity index is 1.68. The molecular weight excluding hydrogens is 226 g/mol. The highest BCUT2D eigenvalue weighted by molar-refractivity contribution is 5.49. The molecule has 1 aliphatic heterocycles. The van der Waals surface area contributed by atoms with Gasteiger partial charge in [0.05, 0.1) is 0 Å². The SMILES string of the molecule is c1nc(NC2CCC2)cc(N2CCCNCC2)n1. The molecule has 18 heavy (non-hydrogen) atoms. The lowest BCUT2D eigenvalue weighted by molar-refractivity contribution is 0.444. The minimum atomic E-state index is 0.624. The first kappa shape index (κ1) is 11.7. The van der Waals surface area contributed by atoms with Crippen molar-refractivity contribution >= 4 is 11.6 Å². The Kier molecular flexibility index (Phi) is 3.59. The van der Waals surface area contributed by atoms with Crippen molar-refractivity contribution in [1.82, 2.24) is 15.3 Å².